The lowest BCUT2D eigenvalue weighted by Gasteiger charge is -2.09. The number of aryl methyl sites for hydroxylation is 1. The van der Waals surface area contributed by atoms with E-state index in [1.807, 2.05) is 0 Å². The summed E-state index contributed by atoms with van der Waals surface area (Å²) in [6, 6.07) is 8.39. The lowest BCUT2D eigenvalue weighted by molar-refractivity contribution is 0.578. The summed E-state index contributed by atoms with van der Waals surface area (Å²) in [7, 11) is 0. The number of unbranched alkanes of at least 4 members (excludes halogenated alkanes) is 4. The van der Waals surface area contributed by atoms with Gasteiger partial charge in [0, 0.05) is 13.1 Å². The molecule has 3 heteroatoms. The van der Waals surface area contributed by atoms with Gasteiger partial charge in [-0.15, -0.1) is 0 Å². The SMILES string of the molecule is CCCCCCCn1c(NCC)nc2ccccc21. The fourth-order valence-electron chi connectivity index (χ4n) is 2.47. The molecule has 0 radical (unpaired) electrons. The van der Waals surface area contributed by atoms with Crippen LogP contribution in [0.5, 0.6) is 0 Å². The van der Waals surface area contributed by atoms with Crippen molar-refractivity contribution < 1.29 is 0 Å². The average molecular weight is 259 g/mol. The number of fused-ring (bicyclic) bond motifs is 1. The molecule has 1 heterocycles. The molecule has 0 aliphatic heterocycles. The molecule has 1 N–H and O–H groups in total. The highest BCUT2D eigenvalue weighted by Crippen LogP contribution is 2.20. The van der Waals surface area contributed by atoms with E-state index in [0.29, 0.717) is 0 Å². The third-order valence-electron chi connectivity index (χ3n) is 3.47. The second-order valence-corrected chi connectivity index (χ2v) is 5.02. The molecule has 0 atom stereocenters. The average Bonchev–Trinajstić information content (AvgIpc) is 2.77. The van der Waals surface area contributed by atoms with Gasteiger partial charge >= 0.3 is 0 Å². The molecule has 0 amide bonds. The van der Waals surface area contributed by atoms with Gasteiger partial charge in [-0.25, -0.2) is 4.98 Å². The van der Waals surface area contributed by atoms with Gasteiger partial charge in [0.2, 0.25) is 5.95 Å². The molecular formula is C16H25N3. The maximum Gasteiger partial charge on any atom is 0.203 e. The van der Waals surface area contributed by atoms with Crippen molar-refractivity contribution in [1.29, 1.82) is 0 Å². The first kappa shape index (κ1) is 13.9. The van der Waals surface area contributed by atoms with Crippen LogP contribution < -0.4 is 5.32 Å². The quantitative estimate of drug-likeness (QED) is 0.710. The summed E-state index contributed by atoms with van der Waals surface area (Å²) in [5.41, 5.74) is 2.33. The van der Waals surface area contributed by atoms with E-state index in [-0.39, 0.29) is 0 Å². The molecule has 0 spiro atoms. The molecule has 0 saturated heterocycles. The smallest absolute Gasteiger partial charge is 0.203 e. The zero-order valence-corrected chi connectivity index (χ0v) is 12.2. The zero-order valence-electron chi connectivity index (χ0n) is 12.2. The van der Waals surface area contributed by atoms with Crippen LogP contribution in [0.1, 0.15) is 46.0 Å². The Morgan fingerprint density at radius 2 is 1.84 bits per heavy atom. The topological polar surface area (TPSA) is 29.9 Å². The first-order valence-corrected chi connectivity index (χ1v) is 7.56. The Morgan fingerprint density at radius 1 is 1.05 bits per heavy atom. The molecular weight excluding hydrogens is 234 g/mol. The van der Waals surface area contributed by atoms with Crippen molar-refractivity contribution in [2.75, 3.05) is 11.9 Å². The maximum atomic E-state index is 4.67. The molecule has 1 aromatic heterocycles. The van der Waals surface area contributed by atoms with Gasteiger partial charge in [0.15, 0.2) is 0 Å². The van der Waals surface area contributed by atoms with Gasteiger partial charge in [-0.1, -0.05) is 44.7 Å². The van der Waals surface area contributed by atoms with Gasteiger partial charge in [0.05, 0.1) is 11.0 Å². The molecule has 2 aromatic rings. The van der Waals surface area contributed by atoms with Gasteiger partial charge in [0.1, 0.15) is 0 Å². The first-order chi connectivity index (χ1) is 9.36. The summed E-state index contributed by atoms with van der Waals surface area (Å²) in [5, 5.41) is 3.37. The number of nitrogens with one attached hydrogen (secondary N) is 1. The molecule has 0 bridgehead atoms. The van der Waals surface area contributed by atoms with Crippen molar-refractivity contribution in [3.8, 4) is 0 Å². The van der Waals surface area contributed by atoms with Crippen molar-refractivity contribution >= 4 is 17.0 Å². The van der Waals surface area contributed by atoms with Crippen LogP contribution in [0.25, 0.3) is 11.0 Å². The van der Waals surface area contributed by atoms with E-state index >= 15 is 0 Å². The third kappa shape index (κ3) is 3.49. The van der Waals surface area contributed by atoms with Crippen LogP contribution in [0, 0.1) is 0 Å². The second kappa shape index (κ2) is 7.17. The lowest BCUT2D eigenvalue weighted by Crippen LogP contribution is -2.07. The van der Waals surface area contributed by atoms with Crippen molar-refractivity contribution in [1.82, 2.24) is 9.55 Å². The number of para-hydroxylation sites is 2. The number of hydrogen-bond donors (Lipinski definition) is 1. The van der Waals surface area contributed by atoms with E-state index in [4.69, 9.17) is 0 Å². The van der Waals surface area contributed by atoms with Gasteiger partial charge in [0.25, 0.3) is 0 Å². The van der Waals surface area contributed by atoms with Crippen LogP contribution in [0.3, 0.4) is 0 Å². The highest BCUT2D eigenvalue weighted by Gasteiger charge is 2.08. The zero-order chi connectivity index (χ0) is 13.5. The minimum absolute atomic E-state index is 0.916. The van der Waals surface area contributed by atoms with E-state index < -0.39 is 0 Å². The van der Waals surface area contributed by atoms with Gasteiger partial charge in [-0.05, 0) is 25.5 Å². The van der Waals surface area contributed by atoms with Crippen molar-refractivity contribution in [3.05, 3.63) is 24.3 Å². The van der Waals surface area contributed by atoms with Crippen LogP contribution >= 0.6 is 0 Å². The second-order valence-electron chi connectivity index (χ2n) is 5.02. The van der Waals surface area contributed by atoms with E-state index in [0.717, 1.165) is 24.6 Å². The van der Waals surface area contributed by atoms with Crippen molar-refractivity contribution in [2.45, 2.75) is 52.5 Å². The Labute approximate surface area is 116 Å². The van der Waals surface area contributed by atoms with Gasteiger partial charge in [-0.2, -0.15) is 0 Å². The number of imidazole rings is 1. The normalized spacial score (nSPS) is 11.1. The van der Waals surface area contributed by atoms with Crippen LogP contribution in [0.4, 0.5) is 5.95 Å². The summed E-state index contributed by atoms with van der Waals surface area (Å²) in [6.45, 7) is 6.35. The lowest BCUT2D eigenvalue weighted by atomic mass is 10.1. The summed E-state index contributed by atoms with van der Waals surface area (Å²) in [4.78, 5) is 4.67. The Morgan fingerprint density at radius 3 is 2.63 bits per heavy atom. The highest BCUT2D eigenvalue weighted by atomic mass is 15.2. The van der Waals surface area contributed by atoms with Crippen molar-refractivity contribution in [3.63, 3.8) is 0 Å². The first-order valence-electron chi connectivity index (χ1n) is 7.56. The molecule has 0 saturated carbocycles. The highest BCUT2D eigenvalue weighted by molar-refractivity contribution is 5.78. The van der Waals surface area contributed by atoms with E-state index in [1.165, 1.54) is 37.6 Å². The van der Waals surface area contributed by atoms with E-state index in [1.54, 1.807) is 0 Å². The summed E-state index contributed by atoms with van der Waals surface area (Å²) >= 11 is 0. The van der Waals surface area contributed by atoms with E-state index in [9.17, 15) is 0 Å². The monoisotopic (exact) mass is 259 g/mol. The maximum absolute atomic E-state index is 4.67. The number of nitrogens with zero attached hydrogens (tertiary/aromatic N) is 2. The number of aromatic nitrogens is 2. The molecule has 19 heavy (non-hydrogen) atoms. The fraction of sp³-hybridized carbons (Fsp3) is 0.562. The van der Waals surface area contributed by atoms with Crippen LogP contribution in [0.15, 0.2) is 24.3 Å². The predicted octanol–water partition coefficient (Wildman–Crippen LogP) is 4.44. The molecule has 0 unspecified atom stereocenters. The minimum Gasteiger partial charge on any atom is -0.356 e. The minimum atomic E-state index is 0.916. The predicted molar refractivity (Wildman–Crippen MR) is 82.7 cm³/mol. The summed E-state index contributed by atoms with van der Waals surface area (Å²) in [5.74, 6) is 1.01. The number of anilines is 1. The largest absolute Gasteiger partial charge is 0.356 e. The Bertz CT molecular complexity index is 502. The Hall–Kier alpha value is -1.51. The molecule has 0 aliphatic rings. The van der Waals surface area contributed by atoms with Crippen LogP contribution in [-0.4, -0.2) is 16.1 Å². The Balaban J connectivity index is 2.08. The molecule has 2 rings (SSSR count). The third-order valence-corrected chi connectivity index (χ3v) is 3.47. The van der Waals surface area contributed by atoms with E-state index in [2.05, 4.69) is 53.0 Å². The van der Waals surface area contributed by atoms with Gasteiger partial charge < -0.3 is 9.88 Å². The summed E-state index contributed by atoms with van der Waals surface area (Å²) < 4.78 is 2.32. The number of benzene rings is 1. The molecule has 104 valence electrons. The van der Waals surface area contributed by atoms with Crippen LogP contribution in [0.2, 0.25) is 0 Å². The standard InChI is InChI=1S/C16H25N3/c1-3-5-6-7-10-13-19-15-12-9-8-11-14(15)18-16(19)17-4-2/h8-9,11-12H,3-7,10,13H2,1-2H3,(H,17,18). The molecule has 0 fully saturated rings. The Kier molecular flexibility index (Phi) is 5.25. The molecule has 0 aliphatic carbocycles. The fourth-order valence-corrected chi connectivity index (χ4v) is 2.47. The van der Waals surface area contributed by atoms with Gasteiger partial charge in [-0.3, -0.25) is 0 Å². The number of hydrogen-bond acceptors (Lipinski definition) is 2. The van der Waals surface area contributed by atoms with Crippen LogP contribution in [-0.2, 0) is 6.54 Å². The van der Waals surface area contributed by atoms with Crippen molar-refractivity contribution in [2.24, 2.45) is 0 Å². The molecule has 3 nitrogen and oxygen atoms in total. The summed E-state index contributed by atoms with van der Waals surface area (Å²) in [6.07, 6.45) is 6.55. The molecule has 1 aromatic carbocycles. The number of rotatable bonds is 8.